The van der Waals surface area contributed by atoms with Gasteiger partial charge in [0, 0.05) is 17.4 Å². The molecular weight excluding hydrogens is 239 g/mol. The summed E-state index contributed by atoms with van der Waals surface area (Å²) < 4.78 is 18.8. The summed E-state index contributed by atoms with van der Waals surface area (Å²) in [5.41, 5.74) is 3.22. The van der Waals surface area contributed by atoms with Crippen LogP contribution in [0.4, 0.5) is 4.39 Å². The first-order valence-electron chi connectivity index (χ1n) is 5.49. The molecule has 3 N–H and O–H groups in total. The monoisotopic (exact) mass is 258 g/mol. The molecule has 1 aromatic carbocycles. The lowest BCUT2D eigenvalue weighted by Gasteiger charge is -2.18. The van der Waals surface area contributed by atoms with Gasteiger partial charge in [-0.15, -0.1) is 0 Å². The van der Waals surface area contributed by atoms with Crippen molar-refractivity contribution < 1.29 is 9.13 Å². The van der Waals surface area contributed by atoms with Crippen molar-refractivity contribution in [2.45, 2.75) is 25.1 Å². The third kappa shape index (κ3) is 4.18. The maximum absolute atomic E-state index is 13.8. The minimum atomic E-state index is -0.295. The second-order valence-corrected chi connectivity index (χ2v) is 5.60. The molecule has 1 unspecified atom stereocenters. The standard InChI is InChI=1S/C12H19FN2OS/c1-8(2)17-7-12(15-14)10-5-4-9(16-3)6-11(10)13/h4-6,8,12,15H,7,14H2,1-3H3. The van der Waals surface area contributed by atoms with E-state index in [1.165, 1.54) is 13.2 Å². The molecule has 0 saturated heterocycles. The van der Waals surface area contributed by atoms with Crippen LogP contribution in [0.25, 0.3) is 0 Å². The minimum Gasteiger partial charge on any atom is -0.497 e. The smallest absolute Gasteiger partial charge is 0.131 e. The van der Waals surface area contributed by atoms with E-state index in [2.05, 4.69) is 19.3 Å². The normalized spacial score (nSPS) is 12.8. The molecule has 5 heteroatoms. The number of ether oxygens (including phenoxy) is 1. The molecule has 96 valence electrons. The number of rotatable bonds is 6. The van der Waals surface area contributed by atoms with Crippen LogP contribution in [-0.4, -0.2) is 18.1 Å². The molecule has 3 nitrogen and oxygen atoms in total. The van der Waals surface area contributed by atoms with Crippen molar-refractivity contribution in [3.05, 3.63) is 29.6 Å². The number of methoxy groups -OCH3 is 1. The predicted molar refractivity (Wildman–Crippen MR) is 70.6 cm³/mol. The Hall–Kier alpha value is -0.780. The van der Waals surface area contributed by atoms with Gasteiger partial charge in [-0.3, -0.25) is 11.3 Å². The van der Waals surface area contributed by atoms with Gasteiger partial charge in [0.05, 0.1) is 13.2 Å². The van der Waals surface area contributed by atoms with E-state index in [4.69, 9.17) is 10.6 Å². The van der Waals surface area contributed by atoms with Crippen LogP contribution >= 0.6 is 11.8 Å². The first-order chi connectivity index (χ1) is 8.08. The molecule has 0 saturated carbocycles. The molecule has 0 aromatic heterocycles. The lowest BCUT2D eigenvalue weighted by atomic mass is 10.1. The van der Waals surface area contributed by atoms with Crippen LogP contribution in [0.3, 0.4) is 0 Å². The fraction of sp³-hybridized carbons (Fsp3) is 0.500. The van der Waals surface area contributed by atoms with Crippen molar-refractivity contribution in [2.24, 2.45) is 5.84 Å². The predicted octanol–water partition coefficient (Wildman–Crippen LogP) is 2.48. The molecular formula is C12H19FN2OS. The Labute approximate surface area is 106 Å². The third-order valence-corrected chi connectivity index (χ3v) is 3.57. The topological polar surface area (TPSA) is 47.3 Å². The second kappa shape index (κ2) is 6.83. The van der Waals surface area contributed by atoms with E-state index in [0.29, 0.717) is 16.6 Å². The molecule has 0 heterocycles. The first kappa shape index (κ1) is 14.3. The van der Waals surface area contributed by atoms with Gasteiger partial charge in [-0.2, -0.15) is 11.8 Å². The largest absolute Gasteiger partial charge is 0.497 e. The summed E-state index contributed by atoms with van der Waals surface area (Å²) in [5, 5.41) is 0.493. The average Bonchev–Trinajstić information content (AvgIpc) is 2.31. The van der Waals surface area contributed by atoms with E-state index in [1.807, 2.05) is 0 Å². The summed E-state index contributed by atoms with van der Waals surface area (Å²) in [4.78, 5) is 0. The number of nitrogens with two attached hydrogens (primary N) is 1. The lowest BCUT2D eigenvalue weighted by molar-refractivity contribution is 0.409. The van der Waals surface area contributed by atoms with Crippen LogP contribution in [0.1, 0.15) is 25.5 Å². The molecule has 1 rings (SSSR count). The van der Waals surface area contributed by atoms with Gasteiger partial charge in [-0.1, -0.05) is 19.9 Å². The summed E-state index contributed by atoms with van der Waals surface area (Å²) in [6.07, 6.45) is 0. The number of hydrogen-bond acceptors (Lipinski definition) is 4. The lowest BCUT2D eigenvalue weighted by Crippen LogP contribution is -2.30. The van der Waals surface area contributed by atoms with Crippen LogP contribution < -0.4 is 16.0 Å². The van der Waals surface area contributed by atoms with Gasteiger partial charge in [-0.05, 0) is 11.3 Å². The molecule has 0 spiro atoms. The van der Waals surface area contributed by atoms with Crippen molar-refractivity contribution in [2.75, 3.05) is 12.9 Å². The zero-order valence-corrected chi connectivity index (χ0v) is 11.2. The second-order valence-electron chi connectivity index (χ2n) is 3.99. The van der Waals surface area contributed by atoms with Crippen LogP contribution in [0.2, 0.25) is 0 Å². The number of benzene rings is 1. The summed E-state index contributed by atoms with van der Waals surface area (Å²) >= 11 is 1.74. The zero-order chi connectivity index (χ0) is 12.8. The number of halogens is 1. The molecule has 1 aromatic rings. The van der Waals surface area contributed by atoms with Crippen molar-refractivity contribution >= 4 is 11.8 Å². The van der Waals surface area contributed by atoms with Crippen molar-refractivity contribution in [1.82, 2.24) is 5.43 Å². The molecule has 0 aliphatic carbocycles. The van der Waals surface area contributed by atoms with Gasteiger partial charge in [0.15, 0.2) is 0 Å². The Morgan fingerprint density at radius 2 is 2.18 bits per heavy atom. The molecule has 0 fully saturated rings. The molecule has 0 amide bonds. The van der Waals surface area contributed by atoms with E-state index in [1.54, 1.807) is 23.9 Å². The average molecular weight is 258 g/mol. The van der Waals surface area contributed by atoms with E-state index >= 15 is 0 Å². The molecule has 0 aliphatic rings. The Morgan fingerprint density at radius 3 is 2.65 bits per heavy atom. The first-order valence-corrected chi connectivity index (χ1v) is 6.54. The Morgan fingerprint density at radius 1 is 1.47 bits per heavy atom. The highest BCUT2D eigenvalue weighted by molar-refractivity contribution is 7.99. The zero-order valence-electron chi connectivity index (χ0n) is 10.4. The highest BCUT2D eigenvalue weighted by atomic mass is 32.2. The van der Waals surface area contributed by atoms with Gasteiger partial charge in [-0.25, -0.2) is 4.39 Å². The molecule has 0 bridgehead atoms. The number of hydrazine groups is 1. The summed E-state index contributed by atoms with van der Waals surface area (Å²) in [6.45, 7) is 4.20. The fourth-order valence-electron chi connectivity index (χ4n) is 1.43. The molecule has 1 atom stereocenters. The van der Waals surface area contributed by atoms with E-state index < -0.39 is 0 Å². The van der Waals surface area contributed by atoms with E-state index in [9.17, 15) is 4.39 Å². The number of thioether (sulfide) groups is 1. The number of nitrogens with one attached hydrogen (secondary N) is 1. The maximum atomic E-state index is 13.8. The summed E-state index contributed by atoms with van der Waals surface area (Å²) in [7, 11) is 1.52. The summed E-state index contributed by atoms with van der Waals surface area (Å²) in [5.74, 6) is 6.42. The minimum absolute atomic E-state index is 0.187. The highest BCUT2D eigenvalue weighted by Crippen LogP contribution is 2.25. The van der Waals surface area contributed by atoms with Gasteiger partial charge >= 0.3 is 0 Å². The summed E-state index contributed by atoms with van der Waals surface area (Å²) in [6, 6.07) is 4.63. The molecule has 0 radical (unpaired) electrons. The van der Waals surface area contributed by atoms with Crippen LogP contribution in [-0.2, 0) is 0 Å². The van der Waals surface area contributed by atoms with Crippen LogP contribution in [0.15, 0.2) is 18.2 Å². The van der Waals surface area contributed by atoms with Gasteiger partial charge < -0.3 is 4.74 Å². The van der Waals surface area contributed by atoms with E-state index in [0.717, 1.165) is 5.75 Å². The van der Waals surface area contributed by atoms with Crippen molar-refractivity contribution in [3.8, 4) is 5.75 Å². The van der Waals surface area contributed by atoms with Gasteiger partial charge in [0.2, 0.25) is 0 Å². The van der Waals surface area contributed by atoms with Crippen molar-refractivity contribution in [1.29, 1.82) is 0 Å². The highest BCUT2D eigenvalue weighted by Gasteiger charge is 2.15. The third-order valence-electron chi connectivity index (χ3n) is 2.38. The van der Waals surface area contributed by atoms with Crippen molar-refractivity contribution in [3.63, 3.8) is 0 Å². The van der Waals surface area contributed by atoms with Gasteiger partial charge in [0.25, 0.3) is 0 Å². The molecule has 17 heavy (non-hydrogen) atoms. The SMILES string of the molecule is COc1ccc(C(CSC(C)C)NN)c(F)c1. The van der Waals surface area contributed by atoms with Crippen LogP contribution in [0.5, 0.6) is 5.75 Å². The Bertz CT molecular complexity index is 360. The van der Waals surface area contributed by atoms with Gasteiger partial charge in [0.1, 0.15) is 11.6 Å². The molecule has 0 aliphatic heterocycles. The fourth-order valence-corrected chi connectivity index (χ4v) is 2.29. The number of hydrogen-bond donors (Lipinski definition) is 2. The van der Waals surface area contributed by atoms with Crippen LogP contribution in [0, 0.1) is 5.82 Å². The Balaban J connectivity index is 2.80. The Kier molecular flexibility index (Phi) is 5.74. The quantitative estimate of drug-likeness (QED) is 0.608. The maximum Gasteiger partial charge on any atom is 0.131 e. The van der Waals surface area contributed by atoms with E-state index in [-0.39, 0.29) is 11.9 Å².